The lowest BCUT2D eigenvalue weighted by molar-refractivity contribution is -0.116. The molecule has 3 aromatic rings. The van der Waals surface area contributed by atoms with Gasteiger partial charge >= 0.3 is 0 Å². The molecule has 6 nitrogen and oxygen atoms in total. The topological polar surface area (TPSA) is 73.9 Å². The second-order valence-corrected chi connectivity index (χ2v) is 8.89. The van der Waals surface area contributed by atoms with Gasteiger partial charge in [0.15, 0.2) is 5.13 Å². The molecule has 2 aromatic heterocycles. The van der Waals surface area contributed by atoms with E-state index in [0.29, 0.717) is 18.0 Å². The summed E-state index contributed by atoms with van der Waals surface area (Å²) < 4.78 is 0. The van der Waals surface area contributed by atoms with Crippen LogP contribution in [-0.4, -0.2) is 38.8 Å². The van der Waals surface area contributed by atoms with E-state index in [1.807, 2.05) is 24.3 Å². The fourth-order valence-corrected chi connectivity index (χ4v) is 4.84. The molecule has 2 unspecified atom stereocenters. The minimum Gasteiger partial charge on any atom is -0.342 e. The lowest BCUT2D eigenvalue weighted by atomic mass is 9.92. The first-order valence-electron chi connectivity index (χ1n) is 9.95. The summed E-state index contributed by atoms with van der Waals surface area (Å²) in [5.74, 6) is 2.28. The van der Waals surface area contributed by atoms with Crippen molar-refractivity contribution in [1.82, 2.24) is 19.9 Å². The van der Waals surface area contributed by atoms with E-state index in [4.69, 9.17) is 0 Å². The molecule has 148 valence electrons. The number of piperidine rings is 1. The summed E-state index contributed by atoms with van der Waals surface area (Å²) in [6, 6.07) is 7.90. The summed E-state index contributed by atoms with van der Waals surface area (Å²) in [6.45, 7) is 7.75. The molecule has 2 N–H and O–H groups in total. The smallest absolute Gasteiger partial charge is 0.226 e. The van der Waals surface area contributed by atoms with Crippen LogP contribution in [0, 0.1) is 11.8 Å². The molecular weight excluding hydrogens is 370 g/mol. The van der Waals surface area contributed by atoms with E-state index >= 15 is 0 Å². The van der Waals surface area contributed by atoms with Crippen LogP contribution in [0.1, 0.15) is 38.2 Å². The van der Waals surface area contributed by atoms with Crippen molar-refractivity contribution in [1.29, 1.82) is 0 Å². The fraction of sp³-hybridized carbons (Fsp3) is 0.476. The number of para-hydroxylation sites is 2. The van der Waals surface area contributed by atoms with Crippen molar-refractivity contribution in [3.8, 4) is 0 Å². The van der Waals surface area contributed by atoms with Gasteiger partial charge in [0.1, 0.15) is 5.82 Å². The van der Waals surface area contributed by atoms with E-state index in [9.17, 15) is 4.79 Å². The number of H-pyrrole nitrogens is 1. The predicted molar refractivity (Wildman–Crippen MR) is 113 cm³/mol. The number of aryl methyl sites for hydroxylation is 1. The Morgan fingerprint density at radius 1 is 1.25 bits per heavy atom. The number of nitrogens with zero attached hydrogens (tertiary/aromatic N) is 3. The fourth-order valence-electron chi connectivity index (χ4n) is 4.12. The van der Waals surface area contributed by atoms with E-state index < -0.39 is 0 Å². The van der Waals surface area contributed by atoms with Crippen LogP contribution in [-0.2, 0) is 17.8 Å². The Hall–Kier alpha value is -2.25. The second kappa shape index (κ2) is 8.41. The maximum atomic E-state index is 12.3. The molecule has 1 aliphatic heterocycles. The zero-order valence-corrected chi connectivity index (χ0v) is 17.3. The summed E-state index contributed by atoms with van der Waals surface area (Å²) >= 11 is 1.50. The summed E-state index contributed by atoms with van der Waals surface area (Å²) in [5, 5.41) is 5.67. The van der Waals surface area contributed by atoms with Gasteiger partial charge in [-0.15, -0.1) is 11.3 Å². The van der Waals surface area contributed by atoms with Gasteiger partial charge in [-0.3, -0.25) is 9.69 Å². The standard InChI is InChI=1S/C21H27N5OS/c1-14-9-15(2)11-26(10-14)12-16-13-28-21(22-16)25-20(27)8-7-19-23-17-5-3-4-6-18(17)24-19/h3-6,13-15H,7-12H2,1-2H3,(H,23,24)(H,22,25,27). The minimum atomic E-state index is -0.0263. The van der Waals surface area contributed by atoms with Gasteiger partial charge in [-0.1, -0.05) is 26.0 Å². The number of imidazole rings is 1. The minimum absolute atomic E-state index is 0.0263. The van der Waals surface area contributed by atoms with E-state index in [2.05, 4.69) is 44.4 Å². The number of hydrogen-bond acceptors (Lipinski definition) is 5. The first-order valence-corrected chi connectivity index (χ1v) is 10.8. The summed E-state index contributed by atoms with van der Waals surface area (Å²) in [4.78, 5) is 27.1. The number of carbonyl (C=O) groups excluding carboxylic acids is 1. The van der Waals surface area contributed by atoms with Gasteiger partial charge in [0.25, 0.3) is 0 Å². The normalized spacial score (nSPS) is 20.5. The van der Waals surface area contributed by atoms with Crippen LogP contribution in [0.5, 0.6) is 0 Å². The third-order valence-electron chi connectivity index (χ3n) is 5.16. The molecule has 1 saturated heterocycles. The summed E-state index contributed by atoms with van der Waals surface area (Å²) in [6.07, 6.45) is 2.28. The van der Waals surface area contributed by atoms with Crippen LogP contribution in [0.2, 0.25) is 0 Å². The highest BCUT2D eigenvalue weighted by Crippen LogP contribution is 2.24. The number of thiazole rings is 1. The number of aromatic nitrogens is 3. The molecule has 0 saturated carbocycles. The molecule has 28 heavy (non-hydrogen) atoms. The van der Waals surface area contributed by atoms with E-state index in [-0.39, 0.29) is 5.91 Å². The Balaban J connectivity index is 1.27. The second-order valence-electron chi connectivity index (χ2n) is 8.03. The van der Waals surface area contributed by atoms with Gasteiger partial charge in [0, 0.05) is 37.9 Å². The van der Waals surface area contributed by atoms with Gasteiger partial charge < -0.3 is 10.3 Å². The van der Waals surface area contributed by atoms with Gasteiger partial charge in [-0.25, -0.2) is 9.97 Å². The predicted octanol–water partition coefficient (Wildman–Crippen LogP) is 4.07. The first-order chi connectivity index (χ1) is 13.5. The van der Waals surface area contributed by atoms with Crippen molar-refractivity contribution in [3.63, 3.8) is 0 Å². The third kappa shape index (κ3) is 4.77. The highest BCUT2D eigenvalue weighted by atomic mass is 32.1. The molecule has 1 amide bonds. The lowest BCUT2D eigenvalue weighted by Gasteiger charge is -2.34. The average Bonchev–Trinajstić information content (AvgIpc) is 3.25. The van der Waals surface area contributed by atoms with Crippen LogP contribution in [0.25, 0.3) is 11.0 Å². The van der Waals surface area contributed by atoms with Crippen LogP contribution in [0.15, 0.2) is 29.6 Å². The Morgan fingerprint density at radius 2 is 2.04 bits per heavy atom. The molecule has 0 bridgehead atoms. The van der Waals surface area contributed by atoms with Crippen LogP contribution >= 0.6 is 11.3 Å². The van der Waals surface area contributed by atoms with Crippen molar-refractivity contribution >= 4 is 33.4 Å². The molecule has 2 atom stereocenters. The third-order valence-corrected chi connectivity index (χ3v) is 5.96. The Morgan fingerprint density at radius 3 is 2.82 bits per heavy atom. The lowest BCUT2D eigenvalue weighted by Crippen LogP contribution is -2.38. The van der Waals surface area contributed by atoms with Crippen molar-refractivity contribution in [2.45, 2.75) is 39.7 Å². The van der Waals surface area contributed by atoms with E-state index in [1.54, 1.807) is 0 Å². The number of fused-ring (bicyclic) bond motifs is 1. The molecule has 0 spiro atoms. The highest BCUT2D eigenvalue weighted by Gasteiger charge is 2.22. The number of aromatic amines is 1. The molecule has 0 aliphatic carbocycles. The molecule has 4 rings (SSSR count). The van der Waals surface area contributed by atoms with Crippen molar-refractivity contribution in [3.05, 3.63) is 41.2 Å². The van der Waals surface area contributed by atoms with Gasteiger partial charge in [0.05, 0.1) is 16.7 Å². The maximum Gasteiger partial charge on any atom is 0.226 e. The number of rotatable bonds is 6. The molecule has 3 heterocycles. The largest absolute Gasteiger partial charge is 0.342 e. The first kappa shape index (κ1) is 19.1. The average molecular weight is 398 g/mol. The Bertz CT molecular complexity index is 906. The van der Waals surface area contributed by atoms with Crippen molar-refractivity contribution < 1.29 is 4.79 Å². The number of carbonyl (C=O) groups is 1. The van der Waals surface area contributed by atoms with E-state index in [0.717, 1.165) is 54.0 Å². The van der Waals surface area contributed by atoms with Crippen LogP contribution < -0.4 is 5.32 Å². The van der Waals surface area contributed by atoms with Gasteiger partial charge in [-0.2, -0.15) is 0 Å². The SMILES string of the molecule is CC1CC(C)CN(Cc2csc(NC(=O)CCc3nc4ccccc4[nH]3)n2)C1. The summed E-state index contributed by atoms with van der Waals surface area (Å²) in [5.41, 5.74) is 2.98. The number of amides is 1. The summed E-state index contributed by atoms with van der Waals surface area (Å²) in [7, 11) is 0. The number of hydrogen-bond donors (Lipinski definition) is 2. The van der Waals surface area contributed by atoms with E-state index in [1.165, 1.54) is 17.8 Å². The molecule has 1 aliphatic rings. The van der Waals surface area contributed by atoms with Crippen LogP contribution in [0.4, 0.5) is 5.13 Å². The molecule has 1 fully saturated rings. The van der Waals surface area contributed by atoms with Crippen molar-refractivity contribution in [2.24, 2.45) is 11.8 Å². The molecule has 1 aromatic carbocycles. The highest BCUT2D eigenvalue weighted by molar-refractivity contribution is 7.13. The Labute approximate surface area is 169 Å². The number of likely N-dealkylation sites (tertiary alicyclic amines) is 1. The zero-order chi connectivity index (χ0) is 19.5. The molecular formula is C21H27N5OS. The Kier molecular flexibility index (Phi) is 5.73. The molecule has 7 heteroatoms. The van der Waals surface area contributed by atoms with Crippen LogP contribution in [0.3, 0.4) is 0 Å². The zero-order valence-electron chi connectivity index (χ0n) is 16.4. The monoisotopic (exact) mass is 397 g/mol. The number of nitrogens with one attached hydrogen (secondary N) is 2. The maximum absolute atomic E-state index is 12.3. The van der Waals surface area contributed by atoms with Crippen molar-refractivity contribution in [2.75, 3.05) is 18.4 Å². The van der Waals surface area contributed by atoms with Gasteiger partial charge in [0.2, 0.25) is 5.91 Å². The molecule has 0 radical (unpaired) electrons. The number of anilines is 1. The number of benzene rings is 1. The van der Waals surface area contributed by atoms with Gasteiger partial charge in [-0.05, 0) is 30.4 Å². The quantitative estimate of drug-likeness (QED) is 0.658.